The summed E-state index contributed by atoms with van der Waals surface area (Å²) in [4.78, 5) is 29.2. The van der Waals surface area contributed by atoms with Crippen LogP contribution in [0.1, 0.15) is 16.2 Å². The maximum Gasteiger partial charge on any atom is 0.270 e. The van der Waals surface area contributed by atoms with Gasteiger partial charge in [-0.1, -0.05) is 24.3 Å². The number of aromatic nitrogens is 4. The number of nitrogens with zero attached hydrogens (tertiary/aromatic N) is 4. The Labute approximate surface area is 155 Å². The van der Waals surface area contributed by atoms with Gasteiger partial charge in [0.15, 0.2) is 0 Å². The number of hydrogen-bond acceptors (Lipinski definition) is 6. The average molecular weight is 356 g/mol. The van der Waals surface area contributed by atoms with E-state index in [-0.39, 0.29) is 11.6 Å². The van der Waals surface area contributed by atoms with Gasteiger partial charge in [-0.05, 0) is 24.3 Å². The maximum atomic E-state index is 12.4. The SMILES string of the molecule is O=C(NCc1ccccn1)c1cc(Nc2cccc3cccnc23)ncn1. The van der Waals surface area contributed by atoms with E-state index in [9.17, 15) is 4.79 Å². The normalized spacial score (nSPS) is 10.5. The highest BCUT2D eigenvalue weighted by Crippen LogP contribution is 2.23. The van der Waals surface area contributed by atoms with Crippen molar-refractivity contribution in [1.29, 1.82) is 0 Å². The minimum absolute atomic E-state index is 0.275. The third kappa shape index (κ3) is 3.87. The number of pyridine rings is 2. The zero-order chi connectivity index (χ0) is 18.5. The van der Waals surface area contributed by atoms with E-state index in [4.69, 9.17) is 0 Å². The lowest BCUT2D eigenvalue weighted by Crippen LogP contribution is -2.24. The molecule has 7 heteroatoms. The van der Waals surface area contributed by atoms with Gasteiger partial charge in [-0.25, -0.2) is 9.97 Å². The van der Waals surface area contributed by atoms with E-state index in [2.05, 4.69) is 30.6 Å². The van der Waals surface area contributed by atoms with Crippen LogP contribution in [0.4, 0.5) is 11.5 Å². The Morgan fingerprint density at radius 2 is 1.78 bits per heavy atom. The molecule has 2 N–H and O–H groups in total. The maximum absolute atomic E-state index is 12.4. The minimum Gasteiger partial charge on any atom is -0.345 e. The highest BCUT2D eigenvalue weighted by Gasteiger charge is 2.10. The number of carbonyl (C=O) groups is 1. The van der Waals surface area contributed by atoms with Crippen LogP contribution in [0.2, 0.25) is 0 Å². The second-order valence-corrected chi connectivity index (χ2v) is 5.80. The first kappa shape index (κ1) is 16.6. The Morgan fingerprint density at radius 1 is 0.889 bits per heavy atom. The van der Waals surface area contributed by atoms with Crippen LogP contribution >= 0.6 is 0 Å². The lowest BCUT2D eigenvalue weighted by Gasteiger charge is -2.09. The summed E-state index contributed by atoms with van der Waals surface area (Å²) in [5.74, 6) is 0.230. The number of para-hydroxylation sites is 1. The highest BCUT2D eigenvalue weighted by molar-refractivity contribution is 5.94. The van der Waals surface area contributed by atoms with Crippen molar-refractivity contribution >= 4 is 28.3 Å². The molecule has 7 nitrogen and oxygen atoms in total. The smallest absolute Gasteiger partial charge is 0.270 e. The van der Waals surface area contributed by atoms with Crippen molar-refractivity contribution in [3.63, 3.8) is 0 Å². The molecule has 0 bridgehead atoms. The molecule has 4 rings (SSSR count). The third-order valence-electron chi connectivity index (χ3n) is 3.95. The number of carbonyl (C=O) groups excluding carboxylic acids is 1. The minimum atomic E-state index is -0.290. The number of amides is 1. The van der Waals surface area contributed by atoms with Gasteiger partial charge in [0, 0.05) is 23.8 Å². The first-order chi connectivity index (χ1) is 13.3. The molecule has 0 aliphatic heterocycles. The van der Waals surface area contributed by atoms with Gasteiger partial charge < -0.3 is 10.6 Å². The third-order valence-corrected chi connectivity index (χ3v) is 3.95. The van der Waals surface area contributed by atoms with Crippen LogP contribution in [0.3, 0.4) is 0 Å². The van der Waals surface area contributed by atoms with Gasteiger partial charge in [-0.3, -0.25) is 14.8 Å². The van der Waals surface area contributed by atoms with Gasteiger partial charge in [0.2, 0.25) is 0 Å². The van der Waals surface area contributed by atoms with Crippen molar-refractivity contribution in [1.82, 2.24) is 25.3 Å². The zero-order valence-corrected chi connectivity index (χ0v) is 14.3. The Kier molecular flexibility index (Phi) is 4.65. The second kappa shape index (κ2) is 7.57. The van der Waals surface area contributed by atoms with Gasteiger partial charge in [-0.2, -0.15) is 0 Å². The average Bonchev–Trinajstić information content (AvgIpc) is 2.73. The fraction of sp³-hybridized carbons (Fsp3) is 0.0500. The molecule has 0 aliphatic rings. The molecule has 0 saturated heterocycles. The van der Waals surface area contributed by atoms with Gasteiger partial charge in [0.1, 0.15) is 17.8 Å². The van der Waals surface area contributed by atoms with Crippen LogP contribution in [0.15, 0.2) is 73.3 Å². The van der Waals surface area contributed by atoms with Gasteiger partial charge in [0.25, 0.3) is 5.91 Å². The number of rotatable bonds is 5. The summed E-state index contributed by atoms with van der Waals surface area (Å²) < 4.78 is 0. The number of hydrogen-bond donors (Lipinski definition) is 2. The summed E-state index contributed by atoms with van der Waals surface area (Å²) >= 11 is 0. The van der Waals surface area contributed by atoms with Crippen LogP contribution in [0.5, 0.6) is 0 Å². The van der Waals surface area contributed by atoms with Crippen molar-refractivity contribution in [3.8, 4) is 0 Å². The second-order valence-electron chi connectivity index (χ2n) is 5.80. The fourth-order valence-corrected chi connectivity index (χ4v) is 2.66. The van der Waals surface area contributed by atoms with E-state index in [1.54, 1.807) is 18.5 Å². The molecular formula is C20H16N6O. The summed E-state index contributed by atoms with van der Waals surface area (Å²) in [7, 11) is 0. The molecule has 4 aromatic rings. The van der Waals surface area contributed by atoms with E-state index < -0.39 is 0 Å². The largest absolute Gasteiger partial charge is 0.345 e. The molecule has 0 unspecified atom stereocenters. The monoisotopic (exact) mass is 356 g/mol. The van der Waals surface area contributed by atoms with Crippen molar-refractivity contribution in [2.45, 2.75) is 6.54 Å². The lowest BCUT2D eigenvalue weighted by molar-refractivity contribution is 0.0945. The Bertz CT molecular complexity index is 1080. The van der Waals surface area contributed by atoms with Crippen molar-refractivity contribution in [3.05, 3.63) is 84.7 Å². The van der Waals surface area contributed by atoms with Crippen LogP contribution < -0.4 is 10.6 Å². The molecule has 1 amide bonds. The van der Waals surface area contributed by atoms with Crippen LogP contribution in [0.25, 0.3) is 10.9 Å². The quantitative estimate of drug-likeness (QED) is 0.571. The molecule has 0 spiro atoms. The molecule has 0 radical (unpaired) electrons. The lowest BCUT2D eigenvalue weighted by atomic mass is 10.2. The van der Waals surface area contributed by atoms with Gasteiger partial charge in [-0.15, -0.1) is 0 Å². The molecule has 0 saturated carbocycles. The number of benzene rings is 1. The van der Waals surface area contributed by atoms with Gasteiger partial charge >= 0.3 is 0 Å². The predicted molar refractivity (Wildman–Crippen MR) is 102 cm³/mol. The number of nitrogens with one attached hydrogen (secondary N) is 2. The van der Waals surface area contributed by atoms with Crippen molar-refractivity contribution in [2.75, 3.05) is 5.32 Å². The number of fused-ring (bicyclic) bond motifs is 1. The molecular weight excluding hydrogens is 340 g/mol. The van der Waals surface area contributed by atoms with E-state index in [0.717, 1.165) is 22.3 Å². The Morgan fingerprint density at radius 3 is 2.67 bits per heavy atom. The summed E-state index contributed by atoms with van der Waals surface area (Å²) in [6.07, 6.45) is 4.78. The zero-order valence-electron chi connectivity index (χ0n) is 14.3. The summed E-state index contributed by atoms with van der Waals surface area (Å²) in [6, 6.07) is 16.9. The summed E-state index contributed by atoms with van der Waals surface area (Å²) in [6.45, 7) is 0.333. The molecule has 132 valence electrons. The summed E-state index contributed by atoms with van der Waals surface area (Å²) in [5, 5.41) is 7.03. The summed E-state index contributed by atoms with van der Waals surface area (Å²) in [5.41, 5.74) is 2.70. The van der Waals surface area contributed by atoms with Crippen LogP contribution in [0, 0.1) is 0 Å². The first-order valence-electron chi connectivity index (χ1n) is 8.40. The molecule has 3 aromatic heterocycles. The molecule has 0 aliphatic carbocycles. The van der Waals surface area contributed by atoms with Crippen molar-refractivity contribution < 1.29 is 4.79 Å². The number of anilines is 2. The topological polar surface area (TPSA) is 92.7 Å². The standard InChI is InChI=1S/C20H16N6O/c27-20(23-12-15-7-1-2-9-21-15)17-11-18(25-13-24-17)26-16-8-3-5-14-6-4-10-22-19(14)16/h1-11,13H,12H2,(H,23,27)(H,24,25,26). The molecule has 0 atom stereocenters. The molecule has 3 heterocycles. The molecule has 0 fully saturated rings. The van der Waals surface area contributed by atoms with E-state index in [0.29, 0.717) is 12.4 Å². The molecule has 27 heavy (non-hydrogen) atoms. The predicted octanol–water partition coefficient (Wildman–Crippen LogP) is 3.09. The van der Waals surface area contributed by atoms with Crippen LogP contribution in [-0.2, 0) is 6.54 Å². The van der Waals surface area contributed by atoms with E-state index >= 15 is 0 Å². The van der Waals surface area contributed by atoms with E-state index in [1.807, 2.05) is 48.5 Å². The highest BCUT2D eigenvalue weighted by atomic mass is 16.1. The Hall–Kier alpha value is -3.87. The van der Waals surface area contributed by atoms with E-state index in [1.165, 1.54) is 6.33 Å². The fourth-order valence-electron chi connectivity index (χ4n) is 2.66. The van der Waals surface area contributed by atoms with Gasteiger partial charge in [0.05, 0.1) is 23.4 Å². The first-order valence-corrected chi connectivity index (χ1v) is 8.40. The van der Waals surface area contributed by atoms with Crippen molar-refractivity contribution in [2.24, 2.45) is 0 Å². The Balaban J connectivity index is 1.51. The molecule has 1 aromatic carbocycles. The van der Waals surface area contributed by atoms with Crippen LogP contribution in [-0.4, -0.2) is 25.8 Å².